The highest BCUT2D eigenvalue weighted by Crippen LogP contribution is 2.38. The van der Waals surface area contributed by atoms with Gasteiger partial charge >= 0.3 is 0 Å². The molecule has 1 unspecified atom stereocenters. The minimum Gasteiger partial charge on any atom is -0.395 e. The van der Waals surface area contributed by atoms with E-state index in [9.17, 15) is 0 Å². The fourth-order valence-electron chi connectivity index (χ4n) is 2.24. The number of nitrogens with two attached hydrogens (primary N) is 1. The minimum absolute atomic E-state index is 0.110. The molecule has 1 aromatic rings. The summed E-state index contributed by atoms with van der Waals surface area (Å²) in [6, 6.07) is 3.77. The van der Waals surface area contributed by atoms with Gasteiger partial charge < -0.3 is 10.8 Å². The van der Waals surface area contributed by atoms with E-state index in [0.717, 1.165) is 17.7 Å². The predicted molar refractivity (Wildman–Crippen MR) is 65.8 cm³/mol. The number of aliphatic hydroxyl groups is 1. The van der Waals surface area contributed by atoms with E-state index in [1.807, 2.05) is 6.07 Å². The Balaban J connectivity index is 2.38. The van der Waals surface area contributed by atoms with Crippen LogP contribution < -0.4 is 5.73 Å². The average molecular weight is 261 g/mol. The van der Waals surface area contributed by atoms with Crippen LogP contribution in [0.25, 0.3) is 0 Å². The lowest BCUT2D eigenvalue weighted by molar-refractivity contribution is 0.164. The summed E-state index contributed by atoms with van der Waals surface area (Å²) in [7, 11) is 0. The Labute approximate surface area is 105 Å². The van der Waals surface area contributed by atoms with Gasteiger partial charge in [0.05, 0.1) is 6.61 Å². The molecule has 0 aliphatic carbocycles. The second kappa shape index (κ2) is 4.90. The summed E-state index contributed by atoms with van der Waals surface area (Å²) >= 11 is 12.1. The number of halogens is 2. The molecule has 0 bridgehead atoms. The van der Waals surface area contributed by atoms with E-state index < -0.39 is 0 Å². The maximum absolute atomic E-state index is 9.00. The largest absolute Gasteiger partial charge is 0.395 e. The highest BCUT2D eigenvalue weighted by atomic mass is 35.5. The van der Waals surface area contributed by atoms with Crippen LogP contribution in [0, 0.1) is 0 Å². The zero-order chi connectivity index (χ0) is 11.7. The molecule has 1 aliphatic rings. The van der Waals surface area contributed by atoms with Crippen LogP contribution in [0.5, 0.6) is 0 Å². The molecule has 88 valence electrons. The molecule has 0 fully saturated rings. The molecule has 0 spiro atoms. The van der Waals surface area contributed by atoms with Crippen LogP contribution in [0.1, 0.15) is 17.2 Å². The van der Waals surface area contributed by atoms with Crippen LogP contribution in [0.2, 0.25) is 10.0 Å². The van der Waals surface area contributed by atoms with E-state index in [4.69, 9.17) is 34.0 Å². The van der Waals surface area contributed by atoms with Gasteiger partial charge in [0.1, 0.15) is 0 Å². The van der Waals surface area contributed by atoms with Crippen molar-refractivity contribution in [3.8, 4) is 0 Å². The summed E-state index contributed by atoms with van der Waals surface area (Å²) in [5.41, 5.74) is 7.93. The molecular formula is C11H14Cl2N2O. The molecule has 0 amide bonds. The molecule has 5 heteroatoms. The number of aliphatic hydroxyl groups excluding tert-OH is 1. The molecule has 0 saturated carbocycles. The smallest absolute Gasteiger partial charge is 0.0558 e. The van der Waals surface area contributed by atoms with Crippen LogP contribution >= 0.6 is 23.2 Å². The summed E-state index contributed by atoms with van der Waals surface area (Å²) in [5.74, 6) is 0. The number of nitrogens with zero attached hydrogens (tertiary/aromatic N) is 1. The maximum atomic E-state index is 9.00. The lowest BCUT2D eigenvalue weighted by Gasteiger charge is -2.22. The highest BCUT2D eigenvalue weighted by Gasteiger charge is 2.30. The third-order valence-electron chi connectivity index (χ3n) is 2.97. The Kier molecular flexibility index (Phi) is 3.72. The van der Waals surface area contributed by atoms with E-state index in [1.54, 1.807) is 6.07 Å². The normalized spacial score (nSPS) is 20.1. The number of rotatable bonds is 3. The number of hydrogen-bond donors (Lipinski definition) is 2. The Hall–Kier alpha value is -0.320. The molecule has 2 rings (SSSR count). The van der Waals surface area contributed by atoms with Gasteiger partial charge in [0.15, 0.2) is 0 Å². The Morgan fingerprint density at radius 2 is 2.19 bits per heavy atom. The Bertz CT molecular complexity index is 398. The monoisotopic (exact) mass is 260 g/mol. The third-order valence-corrected chi connectivity index (χ3v) is 3.52. The van der Waals surface area contributed by atoms with Crippen LogP contribution in [0.15, 0.2) is 12.1 Å². The molecule has 0 aromatic heterocycles. The first-order valence-electron chi connectivity index (χ1n) is 5.20. The molecule has 1 heterocycles. The number of benzene rings is 1. The average Bonchev–Trinajstić information content (AvgIpc) is 2.56. The summed E-state index contributed by atoms with van der Waals surface area (Å²) in [4.78, 5) is 2.12. The molecule has 3 N–H and O–H groups in total. The van der Waals surface area contributed by atoms with Crippen molar-refractivity contribution in [2.75, 3.05) is 19.7 Å². The molecular weight excluding hydrogens is 247 g/mol. The van der Waals surface area contributed by atoms with Gasteiger partial charge in [0.2, 0.25) is 0 Å². The quantitative estimate of drug-likeness (QED) is 0.872. The van der Waals surface area contributed by atoms with Gasteiger partial charge in [-0.15, -0.1) is 0 Å². The van der Waals surface area contributed by atoms with Crippen LogP contribution in [-0.4, -0.2) is 29.7 Å². The van der Waals surface area contributed by atoms with Gasteiger partial charge in [-0.3, -0.25) is 4.90 Å². The first-order valence-corrected chi connectivity index (χ1v) is 5.95. The minimum atomic E-state index is 0.110. The molecule has 16 heavy (non-hydrogen) atoms. The second-order valence-electron chi connectivity index (χ2n) is 3.90. The molecule has 1 aliphatic heterocycles. The first-order chi connectivity index (χ1) is 7.67. The number of hydrogen-bond acceptors (Lipinski definition) is 3. The van der Waals surface area contributed by atoms with Gasteiger partial charge in [-0.05, 0) is 23.3 Å². The van der Waals surface area contributed by atoms with Crippen molar-refractivity contribution in [2.24, 2.45) is 5.73 Å². The van der Waals surface area contributed by atoms with E-state index in [0.29, 0.717) is 23.1 Å². The van der Waals surface area contributed by atoms with Gasteiger partial charge in [-0.1, -0.05) is 23.2 Å². The fraction of sp³-hybridized carbons (Fsp3) is 0.455. The summed E-state index contributed by atoms with van der Waals surface area (Å²) < 4.78 is 0. The maximum Gasteiger partial charge on any atom is 0.0558 e. The zero-order valence-corrected chi connectivity index (χ0v) is 10.3. The highest BCUT2D eigenvalue weighted by molar-refractivity contribution is 6.35. The topological polar surface area (TPSA) is 49.5 Å². The van der Waals surface area contributed by atoms with Crippen molar-refractivity contribution in [1.29, 1.82) is 0 Å². The number of β-amino-alcohol motifs (C(OH)–C–C–N with tert-alkyl or cyclic N) is 1. The lowest BCUT2D eigenvalue weighted by Crippen LogP contribution is -2.30. The SMILES string of the molecule is NCC1c2cc(Cl)cc(Cl)c2CN1CCO. The van der Waals surface area contributed by atoms with Crippen molar-refractivity contribution in [1.82, 2.24) is 4.90 Å². The fourth-order valence-corrected chi connectivity index (χ4v) is 2.81. The van der Waals surface area contributed by atoms with Crippen LogP contribution in [0.4, 0.5) is 0 Å². The van der Waals surface area contributed by atoms with Gasteiger partial charge in [0.25, 0.3) is 0 Å². The van der Waals surface area contributed by atoms with Crippen molar-refractivity contribution in [3.63, 3.8) is 0 Å². The number of fused-ring (bicyclic) bond motifs is 1. The summed E-state index contributed by atoms with van der Waals surface area (Å²) in [6.45, 7) is 1.96. The van der Waals surface area contributed by atoms with Crippen molar-refractivity contribution in [2.45, 2.75) is 12.6 Å². The molecule has 0 radical (unpaired) electrons. The molecule has 0 saturated heterocycles. The predicted octanol–water partition coefficient (Wildman–Crippen LogP) is 1.80. The van der Waals surface area contributed by atoms with Crippen LogP contribution in [0.3, 0.4) is 0 Å². The zero-order valence-electron chi connectivity index (χ0n) is 8.79. The van der Waals surface area contributed by atoms with Gasteiger partial charge in [-0.25, -0.2) is 0 Å². The molecule has 3 nitrogen and oxygen atoms in total. The first kappa shape index (κ1) is 12.1. The van der Waals surface area contributed by atoms with Crippen molar-refractivity contribution < 1.29 is 5.11 Å². The Morgan fingerprint density at radius 3 is 2.81 bits per heavy atom. The van der Waals surface area contributed by atoms with E-state index in [2.05, 4.69) is 4.90 Å². The second-order valence-corrected chi connectivity index (χ2v) is 4.74. The van der Waals surface area contributed by atoms with Crippen molar-refractivity contribution >= 4 is 23.2 Å². The lowest BCUT2D eigenvalue weighted by atomic mass is 10.1. The van der Waals surface area contributed by atoms with Gasteiger partial charge in [-0.2, -0.15) is 0 Å². The van der Waals surface area contributed by atoms with E-state index >= 15 is 0 Å². The van der Waals surface area contributed by atoms with E-state index in [-0.39, 0.29) is 12.6 Å². The van der Waals surface area contributed by atoms with Crippen molar-refractivity contribution in [3.05, 3.63) is 33.3 Å². The molecule has 1 aromatic carbocycles. The molecule has 1 atom stereocenters. The summed E-state index contributed by atoms with van der Waals surface area (Å²) in [6.07, 6.45) is 0. The Morgan fingerprint density at radius 1 is 1.44 bits per heavy atom. The van der Waals surface area contributed by atoms with Crippen LogP contribution in [-0.2, 0) is 6.54 Å². The third kappa shape index (κ3) is 2.06. The standard InChI is InChI=1S/C11H14Cl2N2O/c12-7-3-8-9(10(13)4-7)6-15(1-2-16)11(8)5-14/h3-4,11,16H,1-2,5-6,14H2. The van der Waals surface area contributed by atoms with Gasteiger partial charge in [0, 0.05) is 35.7 Å². The van der Waals surface area contributed by atoms with E-state index in [1.165, 1.54) is 0 Å². The summed E-state index contributed by atoms with van der Waals surface area (Å²) in [5, 5.41) is 10.3.